The summed E-state index contributed by atoms with van der Waals surface area (Å²) in [7, 11) is 1.93. The Labute approximate surface area is 87.8 Å². The van der Waals surface area contributed by atoms with Gasteiger partial charge in [-0.1, -0.05) is 27.2 Å². The van der Waals surface area contributed by atoms with Gasteiger partial charge in [-0.3, -0.25) is 0 Å². The van der Waals surface area contributed by atoms with Gasteiger partial charge >= 0.3 is 0 Å². The first-order chi connectivity index (χ1) is 5.06. The van der Waals surface area contributed by atoms with Crippen LogP contribution >= 0.6 is 0 Å². The Bertz CT molecular complexity index is 63.8. The van der Waals surface area contributed by atoms with Gasteiger partial charge in [0.1, 0.15) is 5.78 Å². The molecule has 0 saturated carbocycles. The van der Waals surface area contributed by atoms with Gasteiger partial charge in [0.2, 0.25) is 0 Å². The van der Waals surface area contributed by atoms with Crippen LogP contribution in [0.15, 0.2) is 0 Å². The number of rotatable bonds is 1. The molecule has 0 aliphatic carbocycles. The van der Waals surface area contributed by atoms with Crippen molar-refractivity contribution in [1.82, 2.24) is 5.32 Å². The zero-order valence-corrected chi connectivity index (χ0v) is 10.3. The Morgan fingerprint density at radius 1 is 1.00 bits per heavy atom. The molecule has 7 N–H and O–H groups in total. The molecule has 0 amide bonds. The van der Waals surface area contributed by atoms with Crippen LogP contribution in [0.2, 0.25) is 0 Å². The fraction of sp³-hybridized carbons (Fsp3) is 0.889. The lowest BCUT2D eigenvalue weighted by Gasteiger charge is -1.76. The van der Waals surface area contributed by atoms with Crippen molar-refractivity contribution in [3.05, 3.63) is 0 Å². The summed E-state index contributed by atoms with van der Waals surface area (Å²) in [5.41, 5.74) is 0. The van der Waals surface area contributed by atoms with Gasteiger partial charge in [-0.2, -0.15) is 0 Å². The average Bonchev–Trinajstić information content (AvgIpc) is 1.88. The van der Waals surface area contributed by atoms with Gasteiger partial charge < -0.3 is 26.5 Å². The molecule has 0 unspecified atom stereocenters. The van der Waals surface area contributed by atoms with E-state index >= 15 is 0 Å². The highest BCUT2D eigenvalue weighted by Gasteiger charge is 1.62. The molecule has 94 valence electrons. The summed E-state index contributed by atoms with van der Waals surface area (Å²) in [5, 5.41) is 2.93. The fourth-order valence-corrected chi connectivity index (χ4v) is 0. The van der Waals surface area contributed by atoms with Gasteiger partial charge in [-0.05, 0) is 27.4 Å². The molecule has 0 aliphatic rings. The maximum Gasteiger partial charge on any atom is 0.126 e. The highest BCUT2D eigenvalue weighted by atomic mass is 16.1. The monoisotopic (exact) mass is 215 g/mol. The van der Waals surface area contributed by atoms with E-state index in [0.29, 0.717) is 0 Å². The molecule has 0 radical (unpaired) electrons. The van der Waals surface area contributed by atoms with E-state index in [9.17, 15) is 4.79 Å². The summed E-state index contributed by atoms with van der Waals surface area (Å²) < 4.78 is 0. The third-order valence-corrected chi connectivity index (χ3v) is 0.354. The number of nitrogens with one attached hydrogen (secondary N) is 1. The van der Waals surface area contributed by atoms with Gasteiger partial charge in [0, 0.05) is 0 Å². The molecule has 0 saturated heterocycles. The Morgan fingerprint density at radius 3 is 1.07 bits per heavy atom. The normalized spacial score (nSPS) is 5.29. The quantitative estimate of drug-likeness (QED) is 0.648. The molecule has 0 aromatic rings. The molecule has 0 bridgehead atoms. The average molecular weight is 215 g/mol. The van der Waals surface area contributed by atoms with Crippen molar-refractivity contribution >= 4 is 5.78 Å². The van der Waals surface area contributed by atoms with Crippen molar-refractivity contribution < 1.29 is 21.2 Å². The largest absolute Gasteiger partial charge is 0.412 e. The summed E-state index contributed by atoms with van der Waals surface area (Å²) >= 11 is 0. The van der Waals surface area contributed by atoms with Crippen LogP contribution in [0.25, 0.3) is 0 Å². The van der Waals surface area contributed by atoms with E-state index < -0.39 is 0 Å². The first kappa shape index (κ1) is 37.5. The zero-order chi connectivity index (χ0) is 9.70. The van der Waals surface area contributed by atoms with Crippen molar-refractivity contribution in [3.63, 3.8) is 0 Å². The van der Waals surface area contributed by atoms with E-state index in [1.807, 2.05) is 7.05 Å². The lowest BCUT2D eigenvalue weighted by atomic mass is 10.6. The van der Waals surface area contributed by atoms with Gasteiger partial charge in [-0.15, -0.1) is 0 Å². The molecule has 0 fully saturated rings. The SMILES string of the molecule is CC(C)=O.CCC.CCNC.O.O.O. The van der Waals surface area contributed by atoms with E-state index in [1.165, 1.54) is 20.3 Å². The Balaban J connectivity index is -0.0000000156. The molecule has 14 heavy (non-hydrogen) atoms. The lowest BCUT2D eigenvalue weighted by Crippen LogP contribution is -2.01. The number of carbonyl (C=O) groups excluding carboxylic acids is 1. The molecule has 0 rings (SSSR count). The Morgan fingerprint density at radius 2 is 1.07 bits per heavy atom. The van der Waals surface area contributed by atoms with Crippen LogP contribution in [-0.2, 0) is 4.79 Å². The molecule has 5 heteroatoms. The molecule has 0 heterocycles. The van der Waals surface area contributed by atoms with Crippen molar-refractivity contribution in [2.45, 2.75) is 41.0 Å². The molecular weight excluding hydrogens is 186 g/mol. The number of carbonyl (C=O) groups is 1. The van der Waals surface area contributed by atoms with E-state index in [2.05, 4.69) is 26.1 Å². The van der Waals surface area contributed by atoms with Gasteiger partial charge in [-0.25, -0.2) is 0 Å². The second-order valence-electron chi connectivity index (χ2n) is 2.32. The molecule has 0 aromatic heterocycles. The highest BCUT2D eigenvalue weighted by Crippen LogP contribution is 1.56. The van der Waals surface area contributed by atoms with Crippen molar-refractivity contribution in [2.24, 2.45) is 0 Å². The van der Waals surface area contributed by atoms with E-state index in [0.717, 1.165) is 6.54 Å². The van der Waals surface area contributed by atoms with Crippen LogP contribution in [0.4, 0.5) is 0 Å². The third-order valence-electron chi connectivity index (χ3n) is 0.354. The van der Waals surface area contributed by atoms with Crippen molar-refractivity contribution in [3.8, 4) is 0 Å². The summed E-state index contributed by atoms with van der Waals surface area (Å²) in [6.07, 6.45) is 1.25. The maximum absolute atomic E-state index is 9.44. The van der Waals surface area contributed by atoms with Gasteiger partial charge in [0.15, 0.2) is 0 Å². The summed E-state index contributed by atoms with van der Waals surface area (Å²) in [6.45, 7) is 10.4. The fourth-order valence-electron chi connectivity index (χ4n) is 0. The van der Waals surface area contributed by atoms with Crippen LogP contribution in [0, 0.1) is 0 Å². The van der Waals surface area contributed by atoms with Crippen LogP contribution in [0.3, 0.4) is 0 Å². The minimum Gasteiger partial charge on any atom is -0.412 e. The standard InChI is InChI=1S/C3H9N.C3H6O.C3H8.3H2O/c1-3-4-2;1-3(2)4;1-3-2;;;/h4H,3H2,1-2H3;1-2H3;3H2,1-2H3;3*1H2. The van der Waals surface area contributed by atoms with Crippen LogP contribution < -0.4 is 5.32 Å². The Kier molecular flexibility index (Phi) is 146. The minimum atomic E-state index is 0. The molecule has 0 aromatic carbocycles. The zero-order valence-electron chi connectivity index (χ0n) is 10.3. The molecule has 0 spiro atoms. The lowest BCUT2D eigenvalue weighted by molar-refractivity contribution is -0.114. The molecular formula is C9H29NO4. The topological polar surface area (TPSA) is 124 Å². The predicted molar refractivity (Wildman–Crippen MR) is 62.8 cm³/mol. The molecule has 0 atom stereocenters. The highest BCUT2D eigenvalue weighted by molar-refractivity contribution is 5.72. The second-order valence-corrected chi connectivity index (χ2v) is 2.32. The van der Waals surface area contributed by atoms with Gasteiger partial charge in [0.25, 0.3) is 0 Å². The third kappa shape index (κ3) is 4890. The Hall–Kier alpha value is -0.490. The minimum absolute atomic E-state index is 0. The first-order valence-electron chi connectivity index (χ1n) is 4.18. The van der Waals surface area contributed by atoms with Crippen molar-refractivity contribution in [1.29, 1.82) is 0 Å². The predicted octanol–water partition coefficient (Wildman–Crippen LogP) is -0.237. The summed E-state index contributed by atoms with van der Waals surface area (Å²) in [4.78, 5) is 9.44. The number of hydrogen-bond acceptors (Lipinski definition) is 2. The smallest absolute Gasteiger partial charge is 0.126 e. The maximum atomic E-state index is 9.44. The van der Waals surface area contributed by atoms with E-state index in [1.54, 1.807) is 0 Å². The molecule has 5 nitrogen and oxygen atoms in total. The first-order valence-corrected chi connectivity index (χ1v) is 4.18. The van der Waals surface area contributed by atoms with E-state index in [-0.39, 0.29) is 22.2 Å². The summed E-state index contributed by atoms with van der Waals surface area (Å²) in [6, 6.07) is 0. The van der Waals surface area contributed by atoms with Gasteiger partial charge in [0.05, 0.1) is 0 Å². The molecule has 0 aliphatic heterocycles. The number of hydrogen-bond donors (Lipinski definition) is 1. The second kappa shape index (κ2) is 54.6. The van der Waals surface area contributed by atoms with Crippen LogP contribution in [0.5, 0.6) is 0 Å². The number of ketones is 1. The van der Waals surface area contributed by atoms with Crippen LogP contribution in [0.1, 0.15) is 41.0 Å². The van der Waals surface area contributed by atoms with E-state index in [4.69, 9.17) is 0 Å². The van der Waals surface area contributed by atoms with Crippen LogP contribution in [-0.4, -0.2) is 35.8 Å². The number of Topliss-reactive ketones (excluding diaryl/α,β-unsaturated/α-hetero) is 1. The van der Waals surface area contributed by atoms with Crippen molar-refractivity contribution in [2.75, 3.05) is 13.6 Å². The summed E-state index contributed by atoms with van der Waals surface area (Å²) in [5.74, 6) is 0.167.